The van der Waals surface area contributed by atoms with Crippen LogP contribution in [0.4, 0.5) is 5.82 Å². The predicted molar refractivity (Wildman–Crippen MR) is 102 cm³/mol. The summed E-state index contributed by atoms with van der Waals surface area (Å²) in [4.78, 5) is 34.8. The second-order valence-electron chi connectivity index (χ2n) is 8.10. The number of rotatable bonds is 5. The first-order chi connectivity index (χ1) is 12.4. The molecule has 0 aromatic carbocycles. The average molecular weight is 358 g/mol. The van der Waals surface area contributed by atoms with Crippen LogP contribution in [0.3, 0.4) is 0 Å². The molecule has 0 radical (unpaired) electrons. The third-order valence-electron chi connectivity index (χ3n) is 5.71. The molecule has 1 aromatic heterocycles. The fraction of sp³-hybridized carbons (Fsp3) is 0.650. The lowest BCUT2D eigenvalue weighted by Crippen LogP contribution is -2.55. The van der Waals surface area contributed by atoms with Gasteiger partial charge in [0.25, 0.3) is 0 Å². The molecule has 0 saturated carbocycles. The highest BCUT2D eigenvalue weighted by atomic mass is 16.2. The maximum atomic E-state index is 12.3. The number of hydrogen-bond donors (Lipinski definition) is 0. The van der Waals surface area contributed by atoms with Crippen molar-refractivity contribution in [2.45, 2.75) is 32.6 Å². The number of amides is 1. The fourth-order valence-corrected chi connectivity index (χ4v) is 4.14. The highest BCUT2D eigenvalue weighted by Crippen LogP contribution is 2.39. The molecule has 0 N–H and O–H groups in total. The van der Waals surface area contributed by atoms with E-state index in [1.54, 1.807) is 13.1 Å². The molecular formula is C20H30N4O2. The average Bonchev–Trinajstić information content (AvgIpc) is 2.63. The van der Waals surface area contributed by atoms with Crippen LogP contribution in [-0.4, -0.2) is 73.3 Å². The Kier molecular flexibility index (Phi) is 5.61. The molecule has 0 unspecified atom stereocenters. The second-order valence-corrected chi connectivity index (χ2v) is 8.10. The molecular weight excluding hydrogens is 328 g/mol. The highest BCUT2D eigenvalue weighted by molar-refractivity contribution is 5.93. The summed E-state index contributed by atoms with van der Waals surface area (Å²) in [6, 6.07) is 3.81. The first kappa shape index (κ1) is 18.8. The van der Waals surface area contributed by atoms with Gasteiger partial charge in [0.05, 0.1) is 0 Å². The van der Waals surface area contributed by atoms with Crippen LogP contribution in [0.2, 0.25) is 0 Å². The molecule has 6 heteroatoms. The zero-order chi connectivity index (χ0) is 18.7. The third kappa shape index (κ3) is 4.23. The molecule has 3 heterocycles. The lowest BCUT2D eigenvalue weighted by molar-refractivity contribution is -0.138. The van der Waals surface area contributed by atoms with Gasteiger partial charge >= 0.3 is 0 Å². The number of ketones is 1. The quantitative estimate of drug-likeness (QED) is 0.754. The van der Waals surface area contributed by atoms with Gasteiger partial charge in [0.2, 0.25) is 5.91 Å². The van der Waals surface area contributed by atoms with Crippen molar-refractivity contribution in [2.24, 2.45) is 5.41 Å². The zero-order valence-electron chi connectivity index (χ0n) is 16.2. The molecule has 2 fully saturated rings. The van der Waals surface area contributed by atoms with Gasteiger partial charge in [-0.1, -0.05) is 0 Å². The summed E-state index contributed by atoms with van der Waals surface area (Å²) in [5.41, 5.74) is 0.818. The number of nitrogens with zero attached hydrogens (tertiary/aromatic N) is 4. The minimum atomic E-state index is 0.0430. The SMILES string of the molecule is CC(=O)c1ccc(N2CCC[C@@]3(CCC(=O)N(CCN(C)C)C3)C2)nc1. The Morgan fingerprint density at radius 2 is 2.08 bits per heavy atom. The summed E-state index contributed by atoms with van der Waals surface area (Å²) in [5.74, 6) is 1.27. The molecule has 142 valence electrons. The molecule has 1 atom stereocenters. The minimum absolute atomic E-state index is 0.0430. The van der Waals surface area contributed by atoms with Crippen molar-refractivity contribution >= 4 is 17.5 Å². The Morgan fingerprint density at radius 1 is 1.27 bits per heavy atom. The standard InChI is InChI=1S/C20H30N4O2/c1-16(25)17-5-6-18(21-13-17)23-10-4-8-20(14-23)9-7-19(26)24(15-20)12-11-22(2)3/h5-6,13H,4,7-12,14-15H2,1-3H3/t20-/m1/s1. The maximum Gasteiger partial charge on any atom is 0.222 e. The molecule has 2 saturated heterocycles. The maximum absolute atomic E-state index is 12.3. The fourth-order valence-electron chi connectivity index (χ4n) is 4.14. The summed E-state index contributed by atoms with van der Waals surface area (Å²) >= 11 is 0. The smallest absolute Gasteiger partial charge is 0.222 e. The molecule has 2 aliphatic rings. The Hall–Kier alpha value is -1.95. The summed E-state index contributed by atoms with van der Waals surface area (Å²) in [6.45, 7) is 6.04. The number of pyridine rings is 1. The second kappa shape index (κ2) is 7.74. The first-order valence-electron chi connectivity index (χ1n) is 9.53. The van der Waals surface area contributed by atoms with E-state index >= 15 is 0 Å². The van der Waals surface area contributed by atoms with Crippen molar-refractivity contribution < 1.29 is 9.59 Å². The molecule has 0 aliphatic carbocycles. The van der Waals surface area contributed by atoms with Gasteiger partial charge in [0.1, 0.15) is 5.82 Å². The van der Waals surface area contributed by atoms with E-state index < -0.39 is 0 Å². The van der Waals surface area contributed by atoms with E-state index in [0.29, 0.717) is 17.9 Å². The minimum Gasteiger partial charge on any atom is -0.356 e. The number of carbonyl (C=O) groups excluding carboxylic acids is 2. The van der Waals surface area contributed by atoms with Crippen LogP contribution in [0.25, 0.3) is 0 Å². The van der Waals surface area contributed by atoms with Crippen molar-refractivity contribution in [1.29, 1.82) is 0 Å². The Labute approximate surface area is 156 Å². The topological polar surface area (TPSA) is 56.8 Å². The lowest BCUT2D eigenvalue weighted by Gasteiger charge is -2.48. The molecule has 0 bridgehead atoms. The molecule has 26 heavy (non-hydrogen) atoms. The first-order valence-corrected chi connectivity index (χ1v) is 9.53. The summed E-state index contributed by atoms with van der Waals surface area (Å²) < 4.78 is 0. The van der Waals surface area contributed by atoms with Crippen molar-refractivity contribution in [2.75, 3.05) is 51.7 Å². The van der Waals surface area contributed by atoms with E-state index in [0.717, 1.165) is 51.4 Å². The highest BCUT2D eigenvalue weighted by Gasteiger charge is 2.41. The largest absolute Gasteiger partial charge is 0.356 e. The molecule has 1 aromatic rings. The lowest BCUT2D eigenvalue weighted by atomic mass is 9.73. The third-order valence-corrected chi connectivity index (χ3v) is 5.71. The van der Waals surface area contributed by atoms with Crippen molar-refractivity contribution in [1.82, 2.24) is 14.8 Å². The van der Waals surface area contributed by atoms with Crippen LogP contribution in [0.1, 0.15) is 43.0 Å². The summed E-state index contributed by atoms with van der Waals surface area (Å²) in [5, 5.41) is 0. The summed E-state index contributed by atoms with van der Waals surface area (Å²) in [6.07, 6.45) is 5.57. The molecule has 1 spiro atoms. The van der Waals surface area contributed by atoms with Crippen LogP contribution >= 0.6 is 0 Å². The molecule has 1 amide bonds. The number of likely N-dealkylation sites (N-methyl/N-ethyl adjacent to an activating group) is 1. The summed E-state index contributed by atoms with van der Waals surface area (Å²) in [7, 11) is 4.09. The number of Topliss-reactive ketones (excluding diaryl/α,β-unsaturated/α-hetero) is 1. The molecule has 2 aliphatic heterocycles. The van der Waals surface area contributed by atoms with E-state index in [2.05, 4.69) is 19.7 Å². The van der Waals surface area contributed by atoms with Gasteiger partial charge in [-0.05, 0) is 52.4 Å². The van der Waals surface area contributed by atoms with Crippen LogP contribution in [0.15, 0.2) is 18.3 Å². The predicted octanol–water partition coefficient (Wildman–Crippen LogP) is 2.05. The van der Waals surface area contributed by atoms with Gasteiger partial charge in [0, 0.05) is 56.3 Å². The van der Waals surface area contributed by atoms with E-state index in [4.69, 9.17) is 0 Å². The van der Waals surface area contributed by atoms with Gasteiger partial charge in [-0.15, -0.1) is 0 Å². The van der Waals surface area contributed by atoms with Crippen LogP contribution in [-0.2, 0) is 4.79 Å². The number of piperidine rings is 2. The van der Waals surface area contributed by atoms with Gasteiger partial charge in [0.15, 0.2) is 5.78 Å². The normalized spacial score (nSPS) is 23.8. The van der Waals surface area contributed by atoms with Crippen molar-refractivity contribution in [3.63, 3.8) is 0 Å². The van der Waals surface area contributed by atoms with E-state index in [1.807, 2.05) is 26.2 Å². The van der Waals surface area contributed by atoms with Gasteiger partial charge in [-0.3, -0.25) is 9.59 Å². The van der Waals surface area contributed by atoms with Crippen LogP contribution in [0.5, 0.6) is 0 Å². The number of hydrogen-bond acceptors (Lipinski definition) is 5. The van der Waals surface area contributed by atoms with Crippen LogP contribution in [0, 0.1) is 5.41 Å². The number of aromatic nitrogens is 1. The van der Waals surface area contributed by atoms with Gasteiger partial charge in [-0.25, -0.2) is 4.98 Å². The van der Waals surface area contributed by atoms with E-state index in [-0.39, 0.29) is 11.2 Å². The molecule has 6 nitrogen and oxygen atoms in total. The molecule has 3 rings (SSSR count). The monoisotopic (exact) mass is 358 g/mol. The Balaban J connectivity index is 1.70. The van der Waals surface area contributed by atoms with E-state index in [9.17, 15) is 9.59 Å². The number of carbonyl (C=O) groups is 2. The van der Waals surface area contributed by atoms with Gasteiger partial charge < -0.3 is 14.7 Å². The van der Waals surface area contributed by atoms with Gasteiger partial charge in [-0.2, -0.15) is 0 Å². The number of likely N-dealkylation sites (tertiary alicyclic amines) is 1. The van der Waals surface area contributed by atoms with Crippen molar-refractivity contribution in [3.8, 4) is 0 Å². The Morgan fingerprint density at radius 3 is 2.73 bits per heavy atom. The van der Waals surface area contributed by atoms with Crippen molar-refractivity contribution in [3.05, 3.63) is 23.9 Å². The van der Waals surface area contributed by atoms with Crippen LogP contribution < -0.4 is 4.90 Å². The number of anilines is 1. The zero-order valence-corrected chi connectivity index (χ0v) is 16.2. The Bertz CT molecular complexity index is 658. The van der Waals surface area contributed by atoms with E-state index in [1.165, 1.54) is 6.42 Å².